The number of aryl methyl sites for hydroxylation is 2. The molecule has 3 rings (SSSR count). The van der Waals surface area contributed by atoms with Crippen LogP contribution in [0.25, 0.3) is 5.57 Å². The minimum absolute atomic E-state index is 0.0930. The van der Waals surface area contributed by atoms with Crippen molar-refractivity contribution < 1.29 is 14.7 Å². The van der Waals surface area contributed by atoms with E-state index < -0.39 is 10.8 Å². The molecule has 2 N–H and O–H groups in total. The molecule has 32 heavy (non-hydrogen) atoms. The summed E-state index contributed by atoms with van der Waals surface area (Å²) >= 11 is 5.02. The zero-order valence-electron chi connectivity index (χ0n) is 19.0. The number of urea groups is 1. The summed E-state index contributed by atoms with van der Waals surface area (Å²) in [4.78, 5) is 24.3. The van der Waals surface area contributed by atoms with Gasteiger partial charge in [0, 0.05) is 18.3 Å². The van der Waals surface area contributed by atoms with E-state index in [-0.39, 0.29) is 19.0 Å². The highest BCUT2D eigenvalue weighted by atomic mass is 32.1. The predicted octanol–water partition coefficient (Wildman–Crippen LogP) is 5.46. The number of nitrogens with zero attached hydrogens (tertiary/aromatic N) is 1. The fourth-order valence-corrected chi connectivity index (χ4v) is 4.40. The Balaban J connectivity index is 2.05. The molecule has 1 atom stereocenters. The number of thiol groups is 1. The van der Waals surface area contributed by atoms with Crippen LogP contribution in [0.5, 0.6) is 0 Å². The molecule has 2 aromatic carbocycles. The minimum atomic E-state index is -1.03. The summed E-state index contributed by atoms with van der Waals surface area (Å²) in [5.41, 5.74) is 5.21. The first-order valence-corrected chi connectivity index (χ1v) is 11.6. The molecule has 5 nitrogen and oxygen atoms in total. The average Bonchev–Trinajstić information content (AvgIpc) is 2.77. The largest absolute Gasteiger partial charge is 0.481 e. The second kappa shape index (κ2) is 10.3. The molecule has 0 saturated heterocycles. The van der Waals surface area contributed by atoms with Crippen molar-refractivity contribution in [2.75, 3.05) is 6.54 Å². The zero-order chi connectivity index (χ0) is 23.3. The molecule has 0 fully saturated rings. The third-order valence-corrected chi connectivity index (χ3v) is 6.48. The molecule has 170 valence electrons. The second-order valence-corrected chi connectivity index (χ2v) is 9.33. The molecule has 0 aliphatic carbocycles. The summed E-state index contributed by atoms with van der Waals surface area (Å²) in [5, 5.41) is 12.1. The molecule has 2 amide bonds. The first kappa shape index (κ1) is 23.9. The van der Waals surface area contributed by atoms with Crippen molar-refractivity contribution in [2.24, 2.45) is 5.92 Å². The van der Waals surface area contributed by atoms with E-state index in [9.17, 15) is 9.59 Å². The lowest BCUT2D eigenvalue weighted by Crippen LogP contribution is -2.52. The van der Waals surface area contributed by atoms with Crippen LogP contribution in [0.3, 0.4) is 0 Å². The predicted molar refractivity (Wildman–Crippen MR) is 132 cm³/mol. The normalized spacial score (nSPS) is 18.5. The molecule has 1 heterocycles. The molecule has 0 saturated carbocycles. The van der Waals surface area contributed by atoms with Crippen LogP contribution in [0.2, 0.25) is 0 Å². The molecule has 0 aromatic heterocycles. The summed E-state index contributed by atoms with van der Waals surface area (Å²) in [6, 6.07) is 15.8. The summed E-state index contributed by atoms with van der Waals surface area (Å²) in [6.45, 7) is 6.69. The zero-order valence-corrected chi connectivity index (χ0v) is 19.9. The number of rotatable bonds is 9. The van der Waals surface area contributed by atoms with E-state index in [1.54, 1.807) is 6.20 Å². The van der Waals surface area contributed by atoms with Crippen molar-refractivity contribution in [1.82, 2.24) is 10.2 Å². The Morgan fingerprint density at radius 3 is 2.50 bits per heavy atom. The molecule has 0 spiro atoms. The van der Waals surface area contributed by atoms with Gasteiger partial charge in [-0.1, -0.05) is 69.3 Å². The maximum absolute atomic E-state index is 12.9. The standard InChI is InChI=1S/C26H32N2O3S/c1-4-19-16-22(13-12-20(19)11-10-18(2)3)26(32)23(21-8-6-5-7-9-21)17-28(25(31)27-26)15-14-24(29)30/h5-9,12-13,16-18,32H,4,10-11,14-15H2,1-3H3,(H,27,31)(H,29,30)/t26-/m1/s1. The summed E-state index contributed by atoms with van der Waals surface area (Å²) in [6.07, 6.45) is 4.66. The molecule has 0 bridgehead atoms. The van der Waals surface area contributed by atoms with E-state index in [1.807, 2.05) is 36.4 Å². The molecule has 1 aliphatic heterocycles. The second-order valence-electron chi connectivity index (χ2n) is 8.66. The van der Waals surface area contributed by atoms with Crippen LogP contribution in [0.4, 0.5) is 4.79 Å². The van der Waals surface area contributed by atoms with Crippen molar-refractivity contribution >= 4 is 30.2 Å². The molecule has 2 aromatic rings. The summed E-state index contributed by atoms with van der Waals surface area (Å²) < 4.78 is 0. The Labute approximate surface area is 195 Å². The third-order valence-electron chi connectivity index (χ3n) is 5.87. The Morgan fingerprint density at radius 2 is 1.88 bits per heavy atom. The highest BCUT2D eigenvalue weighted by Crippen LogP contribution is 2.43. The van der Waals surface area contributed by atoms with Crippen LogP contribution in [0.15, 0.2) is 54.7 Å². The number of carboxylic acids is 1. The highest BCUT2D eigenvalue weighted by Gasteiger charge is 2.40. The Morgan fingerprint density at radius 1 is 1.16 bits per heavy atom. The van der Waals surface area contributed by atoms with Crippen LogP contribution in [0, 0.1) is 5.92 Å². The van der Waals surface area contributed by atoms with E-state index in [2.05, 4.69) is 38.2 Å². The van der Waals surface area contributed by atoms with E-state index in [1.165, 1.54) is 16.0 Å². The number of carboxylic acid groups (broad SMARTS) is 1. The number of nitrogens with one attached hydrogen (secondary N) is 1. The van der Waals surface area contributed by atoms with Gasteiger partial charge in [0.25, 0.3) is 0 Å². The molecule has 6 heteroatoms. The number of hydrogen-bond donors (Lipinski definition) is 3. The quantitative estimate of drug-likeness (QED) is 0.443. The van der Waals surface area contributed by atoms with Crippen LogP contribution in [-0.2, 0) is 22.5 Å². The Kier molecular flexibility index (Phi) is 7.67. The topological polar surface area (TPSA) is 69.6 Å². The fraction of sp³-hybridized carbons (Fsp3) is 0.385. The monoisotopic (exact) mass is 452 g/mol. The van der Waals surface area contributed by atoms with Gasteiger partial charge in [-0.3, -0.25) is 4.79 Å². The molecular formula is C26H32N2O3S. The number of aliphatic carboxylic acids is 1. The maximum Gasteiger partial charge on any atom is 0.323 e. The van der Waals surface area contributed by atoms with Crippen LogP contribution in [-0.4, -0.2) is 28.6 Å². The van der Waals surface area contributed by atoms with Crippen molar-refractivity contribution in [1.29, 1.82) is 0 Å². The SMILES string of the molecule is CCc1cc([C@]2(S)NC(=O)N(CCC(=O)O)C=C2c2ccccc2)ccc1CCC(C)C. The maximum atomic E-state index is 12.9. The smallest absolute Gasteiger partial charge is 0.323 e. The van der Waals surface area contributed by atoms with Gasteiger partial charge in [-0.15, -0.1) is 12.6 Å². The fourth-order valence-electron chi connectivity index (χ4n) is 3.98. The molecule has 1 aliphatic rings. The van der Waals surface area contributed by atoms with Gasteiger partial charge in [0.2, 0.25) is 0 Å². The molecule has 0 unspecified atom stereocenters. The molecular weight excluding hydrogens is 420 g/mol. The van der Waals surface area contributed by atoms with Crippen LogP contribution < -0.4 is 5.32 Å². The summed E-state index contributed by atoms with van der Waals surface area (Å²) in [5.74, 6) is -0.308. The lowest BCUT2D eigenvalue weighted by atomic mass is 9.88. The third kappa shape index (κ3) is 5.36. The number of carbonyl (C=O) groups is 2. The van der Waals surface area contributed by atoms with Gasteiger partial charge in [0.15, 0.2) is 0 Å². The minimum Gasteiger partial charge on any atom is -0.481 e. The summed E-state index contributed by atoms with van der Waals surface area (Å²) in [7, 11) is 0. The average molecular weight is 453 g/mol. The van der Waals surface area contributed by atoms with Gasteiger partial charge in [0.1, 0.15) is 4.87 Å². The first-order chi connectivity index (χ1) is 15.2. The van der Waals surface area contributed by atoms with E-state index in [0.29, 0.717) is 5.92 Å². The van der Waals surface area contributed by atoms with Gasteiger partial charge in [-0.25, -0.2) is 4.79 Å². The van der Waals surface area contributed by atoms with Gasteiger partial charge < -0.3 is 15.3 Å². The van der Waals surface area contributed by atoms with Crippen molar-refractivity contribution in [2.45, 2.75) is 51.3 Å². The van der Waals surface area contributed by atoms with Gasteiger partial charge >= 0.3 is 12.0 Å². The number of carbonyl (C=O) groups excluding carboxylic acids is 1. The van der Waals surface area contributed by atoms with E-state index >= 15 is 0 Å². The number of amides is 2. The highest BCUT2D eigenvalue weighted by molar-refractivity contribution is 7.81. The van der Waals surface area contributed by atoms with Gasteiger partial charge in [-0.2, -0.15) is 0 Å². The number of benzene rings is 2. The van der Waals surface area contributed by atoms with Gasteiger partial charge in [0.05, 0.1) is 6.42 Å². The first-order valence-electron chi connectivity index (χ1n) is 11.2. The van der Waals surface area contributed by atoms with Crippen LogP contribution in [0.1, 0.15) is 55.9 Å². The van der Waals surface area contributed by atoms with Crippen molar-refractivity contribution in [3.8, 4) is 0 Å². The van der Waals surface area contributed by atoms with E-state index in [0.717, 1.165) is 36.0 Å². The number of hydrogen-bond acceptors (Lipinski definition) is 3. The lowest BCUT2D eigenvalue weighted by Gasteiger charge is -2.40. The van der Waals surface area contributed by atoms with Gasteiger partial charge in [-0.05, 0) is 47.4 Å². The van der Waals surface area contributed by atoms with Crippen molar-refractivity contribution in [3.63, 3.8) is 0 Å². The van der Waals surface area contributed by atoms with E-state index in [4.69, 9.17) is 17.7 Å². The Hall–Kier alpha value is -2.73. The molecule has 0 radical (unpaired) electrons. The van der Waals surface area contributed by atoms with Crippen LogP contribution >= 0.6 is 12.6 Å². The lowest BCUT2D eigenvalue weighted by molar-refractivity contribution is -0.137. The van der Waals surface area contributed by atoms with Crippen molar-refractivity contribution in [3.05, 3.63) is 77.0 Å². The Bertz CT molecular complexity index is 1000.